The van der Waals surface area contributed by atoms with Crippen molar-refractivity contribution in [3.05, 3.63) is 114 Å². The van der Waals surface area contributed by atoms with E-state index in [0.29, 0.717) is 0 Å². The maximum absolute atomic E-state index is 10.4. The standard InChI is InChI=1S/C16H21N3.2C7H8O3S/c1-17-11-12-19(14-17)9-4-8-18-10-7-15-5-2-3-6-16(15)13-18;2*1-6-2-4-7(5-3-6)11(8,9)10/h2-3,5-6,11-14H,4,7-10H2,1H3;2*2-5H,1H3,(H,8,9,10)/q+2;;/p-2. The second-order valence-corrected chi connectivity index (χ2v) is 12.6. The molecule has 218 valence electrons. The van der Waals surface area contributed by atoms with Crippen molar-refractivity contribution < 1.29 is 35.1 Å². The zero-order valence-electron chi connectivity index (χ0n) is 23.4. The molecule has 3 aromatic carbocycles. The first-order chi connectivity index (χ1) is 19.3. The average molecular weight is 598 g/mol. The largest absolute Gasteiger partial charge is 0.744 e. The van der Waals surface area contributed by atoms with Crippen molar-refractivity contribution in [3.8, 4) is 0 Å². The number of rotatable bonds is 6. The van der Waals surface area contributed by atoms with Gasteiger partial charge in [-0.15, -0.1) is 0 Å². The highest BCUT2D eigenvalue weighted by atomic mass is 32.2. The number of hydrogen-bond acceptors (Lipinski definition) is 6. The molecule has 1 aromatic heterocycles. The van der Waals surface area contributed by atoms with Gasteiger partial charge in [-0.2, -0.15) is 0 Å². The van der Waals surface area contributed by atoms with Crippen molar-refractivity contribution >= 4 is 26.5 Å². The van der Waals surface area contributed by atoms with Gasteiger partial charge in [0.2, 0.25) is 6.33 Å². The molecular weight excluding hydrogens is 562 g/mol. The van der Waals surface area contributed by atoms with E-state index >= 15 is 0 Å². The molecule has 2 heterocycles. The maximum atomic E-state index is 10.4. The smallest absolute Gasteiger partial charge is 0.243 e. The van der Waals surface area contributed by atoms with E-state index in [9.17, 15) is 25.9 Å². The van der Waals surface area contributed by atoms with Gasteiger partial charge in [-0.1, -0.05) is 53.6 Å². The Balaban J connectivity index is 0.000000181. The summed E-state index contributed by atoms with van der Waals surface area (Å²) in [5.74, 6) is 0. The fraction of sp³-hybridized carbons (Fsp3) is 0.267. The minimum atomic E-state index is -4.27. The average Bonchev–Trinajstić information content (AvgIpc) is 3.33. The van der Waals surface area contributed by atoms with Crippen LogP contribution in [0.4, 0.5) is 0 Å². The Morgan fingerprint density at radius 2 is 1.34 bits per heavy atom. The summed E-state index contributed by atoms with van der Waals surface area (Å²) in [6.45, 7) is 7.02. The number of imidazole rings is 1. The van der Waals surface area contributed by atoms with Crippen LogP contribution in [0.15, 0.2) is 101 Å². The first-order valence-corrected chi connectivity index (χ1v) is 15.9. The summed E-state index contributed by atoms with van der Waals surface area (Å²) in [6.07, 6.45) is 11.0. The monoisotopic (exact) mass is 597 g/mol. The number of fused-ring (bicyclic) bond motifs is 1. The molecule has 4 aromatic rings. The molecule has 0 saturated heterocycles. The molecule has 41 heavy (non-hydrogen) atoms. The molecule has 5 rings (SSSR count). The highest BCUT2D eigenvalue weighted by Gasteiger charge is 2.15. The number of hydrogen-bond donors (Lipinski definition) is 0. The van der Waals surface area contributed by atoms with Crippen LogP contribution in [0.1, 0.15) is 28.7 Å². The van der Waals surface area contributed by atoms with Gasteiger partial charge in [0.05, 0.1) is 23.4 Å². The summed E-state index contributed by atoms with van der Waals surface area (Å²) in [5.41, 5.74) is 4.73. The van der Waals surface area contributed by atoms with Crippen molar-refractivity contribution in [1.29, 1.82) is 0 Å². The molecule has 1 aliphatic rings. The normalized spacial score (nSPS) is 12.7. The van der Waals surface area contributed by atoms with Gasteiger partial charge >= 0.3 is 0 Å². The SMILES string of the molecule is C[n+]1ccn(CCC[N+]2=Cc3ccccc3CC2)c1.Cc1ccc(S(=O)(=O)[O-])cc1.Cc1ccc(S(=O)(=O)[O-])cc1. The van der Waals surface area contributed by atoms with Crippen LogP contribution in [0.2, 0.25) is 0 Å². The number of benzene rings is 3. The third kappa shape index (κ3) is 10.7. The predicted molar refractivity (Wildman–Crippen MR) is 154 cm³/mol. The second kappa shape index (κ2) is 14.3. The molecule has 9 nitrogen and oxygen atoms in total. The lowest BCUT2D eigenvalue weighted by Crippen LogP contribution is -2.25. The number of aromatic nitrogens is 2. The van der Waals surface area contributed by atoms with E-state index in [1.807, 2.05) is 13.8 Å². The van der Waals surface area contributed by atoms with Crippen molar-refractivity contribution in [2.75, 3.05) is 13.1 Å². The van der Waals surface area contributed by atoms with Crippen molar-refractivity contribution in [1.82, 2.24) is 4.57 Å². The van der Waals surface area contributed by atoms with E-state index in [1.54, 1.807) is 24.3 Å². The summed E-state index contributed by atoms with van der Waals surface area (Å²) in [6, 6.07) is 20.3. The minimum Gasteiger partial charge on any atom is -0.744 e. The predicted octanol–water partition coefficient (Wildman–Crippen LogP) is 3.19. The molecule has 1 aliphatic heterocycles. The molecule has 0 bridgehead atoms. The maximum Gasteiger partial charge on any atom is 0.243 e. The second-order valence-electron chi connectivity index (χ2n) is 9.82. The Hall–Kier alpha value is -3.64. The molecule has 0 amide bonds. The van der Waals surface area contributed by atoms with Crippen LogP contribution in [0, 0.1) is 13.8 Å². The van der Waals surface area contributed by atoms with E-state index in [0.717, 1.165) is 30.8 Å². The van der Waals surface area contributed by atoms with Crippen LogP contribution < -0.4 is 4.57 Å². The third-order valence-corrected chi connectivity index (χ3v) is 8.05. The van der Waals surface area contributed by atoms with Gasteiger partial charge in [0.1, 0.15) is 45.7 Å². The third-order valence-electron chi connectivity index (χ3n) is 6.35. The van der Waals surface area contributed by atoms with E-state index < -0.39 is 20.2 Å². The van der Waals surface area contributed by atoms with Crippen LogP contribution in [-0.2, 0) is 40.2 Å². The van der Waals surface area contributed by atoms with Gasteiger partial charge in [-0.3, -0.25) is 0 Å². The Morgan fingerprint density at radius 1 is 0.805 bits per heavy atom. The fourth-order valence-corrected chi connectivity index (χ4v) is 5.03. The van der Waals surface area contributed by atoms with Gasteiger partial charge in [0.25, 0.3) is 0 Å². The minimum absolute atomic E-state index is 0.178. The molecule has 0 fully saturated rings. The van der Waals surface area contributed by atoms with Gasteiger partial charge in [0, 0.05) is 18.4 Å². The summed E-state index contributed by atoms with van der Waals surface area (Å²) in [7, 11) is -6.48. The molecule has 11 heteroatoms. The van der Waals surface area contributed by atoms with Crippen molar-refractivity contribution in [2.24, 2.45) is 7.05 Å². The molecule has 0 radical (unpaired) electrons. The van der Waals surface area contributed by atoms with Crippen LogP contribution in [-0.4, -0.2) is 54.4 Å². The Bertz CT molecular complexity index is 1600. The topological polar surface area (TPSA) is 126 Å². The molecule has 0 atom stereocenters. The van der Waals surface area contributed by atoms with Gasteiger partial charge in [-0.25, -0.2) is 30.5 Å². The zero-order valence-corrected chi connectivity index (χ0v) is 25.0. The molecule has 0 spiro atoms. The highest BCUT2D eigenvalue weighted by Crippen LogP contribution is 2.12. The lowest BCUT2D eigenvalue weighted by molar-refractivity contribution is -0.671. The van der Waals surface area contributed by atoms with Crippen molar-refractivity contribution in [3.63, 3.8) is 0 Å². The molecule has 0 unspecified atom stereocenters. The summed E-state index contributed by atoms with van der Waals surface area (Å²) >= 11 is 0. The van der Waals surface area contributed by atoms with E-state index in [-0.39, 0.29) is 9.79 Å². The Morgan fingerprint density at radius 3 is 1.83 bits per heavy atom. The van der Waals surface area contributed by atoms with Crippen LogP contribution in [0.3, 0.4) is 0 Å². The zero-order chi connectivity index (χ0) is 30.0. The Labute approximate surface area is 242 Å². The van der Waals surface area contributed by atoms with Crippen LogP contribution in [0.5, 0.6) is 0 Å². The first kappa shape index (κ1) is 31.9. The Kier molecular flexibility index (Phi) is 11.1. The summed E-state index contributed by atoms with van der Waals surface area (Å²) in [4.78, 5) is -0.355. The van der Waals surface area contributed by atoms with Crippen molar-refractivity contribution in [2.45, 2.75) is 43.0 Å². The lowest BCUT2D eigenvalue weighted by atomic mass is 10.0. The lowest BCUT2D eigenvalue weighted by Gasteiger charge is -2.11. The molecular formula is C30H35N3O6S2. The summed E-state index contributed by atoms with van der Waals surface area (Å²) < 4.78 is 69.1. The highest BCUT2D eigenvalue weighted by molar-refractivity contribution is 7.86. The van der Waals surface area contributed by atoms with E-state index in [2.05, 4.69) is 70.0 Å². The van der Waals surface area contributed by atoms with Crippen LogP contribution in [0.25, 0.3) is 0 Å². The summed E-state index contributed by atoms with van der Waals surface area (Å²) in [5, 5.41) is 0. The molecule has 0 N–H and O–H groups in total. The van der Waals surface area contributed by atoms with Crippen LogP contribution >= 0.6 is 0 Å². The molecule has 0 aliphatic carbocycles. The molecule has 0 saturated carbocycles. The quantitative estimate of drug-likeness (QED) is 0.248. The van der Waals surface area contributed by atoms with Gasteiger partial charge < -0.3 is 9.11 Å². The first-order valence-electron chi connectivity index (χ1n) is 13.0. The van der Waals surface area contributed by atoms with Gasteiger partial charge in [-0.05, 0) is 49.7 Å². The van der Waals surface area contributed by atoms with E-state index in [1.165, 1.54) is 48.2 Å². The fourth-order valence-electron chi connectivity index (χ4n) is 4.09. The number of aryl methyl sites for hydroxylation is 4. The van der Waals surface area contributed by atoms with E-state index in [4.69, 9.17) is 0 Å². The number of nitrogens with zero attached hydrogens (tertiary/aromatic N) is 3. The van der Waals surface area contributed by atoms with Gasteiger partial charge in [0.15, 0.2) is 6.21 Å².